The molecule has 0 aliphatic heterocycles. The molecule has 1 aliphatic rings. The molecule has 0 unspecified atom stereocenters. The Morgan fingerprint density at radius 2 is 2.10 bits per heavy atom. The lowest BCUT2D eigenvalue weighted by Crippen LogP contribution is -2.47. The van der Waals surface area contributed by atoms with Crippen LogP contribution in [-0.2, 0) is 4.79 Å². The Morgan fingerprint density at radius 3 is 2.60 bits per heavy atom. The molecule has 5 heteroatoms. The van der Waals surface area contributed by atoms with Crippen molar-refractivity contribution in [3.05, 3.63) is 36.9 Å². The third kappa shape index (κ3) is 2.20. The number of oxazole rings is 1. The molecule has 1 fully saturated rings. The van der Waals surface area contributed by atoms with Crippen LogP contribution in [0, 0.1) is 5.41 Å². The molecule has 2 aromatic rings. The lowest BCUT2D eigenvalue weighted by molar-refractivity contribution is -0.129. The molecule has 1 aliphatic carbocycles. The molecule has 0 saturated heterocycles. The zero-order valence-corrected chi connectivity index (χ0v) is 11.1. The number of carbonyl (C=O) groups is 1. The van der Waals surface area contributed by atoms with Crippen LogP contribution in [0.5, 0.6) is 0 Å². The van der Waals surface area contributed by atoms with Crippen LogP contribution in [0.4, 0.5) is 5.69 Å². The van der Waals surface area contributed by atoms with Gasteiger partial charge in [0.05, 0.1) is 11.6 Å². The monoisotopic (exact) mass is 271 g/mol. The SMILES string of the molecule is NCC1(C(=O)Nc2ccc(-c3cnco3)cc2)CCC1. The second-order valence-corrected chi connectivity index (χ2v) is 5.24. The fourth-order valence-electron chi connectivity index (χ4n) is 2.47. The number of benzene rings is 1. The molecule has 0 bridgehead atoms. The van der Waals surface area contributed by atoms with E-state index >= 15 is 0 Å². The summed E-state index contributed by atoms with van der Waals surface area (Å²) >= 11 is 0. The Balaban J connectivity index is 1.71. The Labute approximate surface area is 117 Å². The summed E-state index contributed by atoms with van der Waals surface area (Å²) in [6.07, 6.45) is 5.89. The van der Waals surface area contributed by atoms with E-state index in [1.807, 2.05) is 24.3 Å². The van der Waals surface area contributed by atoms with Crippen LogP contribution in [0.1, 0.15) is 19.3 Å². The maximum absolute atomic E-state index is 12.2. The Hall–Kier alpha value is -2.14. The average Bonchev–Trinajstić information content (AvgIpc) is 2.93. The first-order valence-corrected chi connectivity index (χ1v) is 6.74. The van der Waals surface area contributed by atoms with Crippen LogP contribution in [0.15, 0.2) is 41.3 Å². The molecule has 20 heavy (non-hydrogen) atoms. The smallest absolute Gasteiger partial charge is 0.231 e. The Morgan fingerprint density at radius 1 is 1.35 bits per heavy atom. The number of hydrogen-bond acceptors (Lipinski definition) is 4. The van der Waals surface area contributed by atoms with Gasteiger partial charge in [0.1, 0.15) is 0 Å². The summed E-state index contributed by atoms with van der Waals surface area (Å²) in [5, 5.41) is 2.94. The predicted octanol–water partition coefficient (Wildman–Crippen LogP) is 2.41. The second-order valence-electron chi connectivity index (χ2n) is 5.24. The van der Waals surface area contributed by atoms with Crippen molar-refractivity contribution in [2.45, 2.75) is 19.3 Å². The van der Waals surface area contributed by atoms with Crippen LogP contribution in [0.25, 0.3) is 11.3 Å². The number of aromatic nitrogens is 1. The van der Waals surface area contributed by atoms with Gasteiger partial charge in [-0.1, -0.05) is 6.42 Å². The first-order chi connectivity index (χ1) is 9.73. The van der Waals surface area contributed by atoms with Gasteiger partial charge in [-0.3, -0.25) is 4.79 Å². The van der Waals surface area contributed by atoms with E-state index in [9.17, 15) is 4.79 Å². The molecule has 5 nitrogen and oxygen atoms in total. The molecular weight excluding hydrogens is 254 g/mol. The minimum Gasteiger partial charge on any atom is -0.444 e. The van der Waals surface area contributed by atoms with Crippen LogP contribution in [0.3, 0.4) is 0 Å². The van der Waals surface area contributed by atoms with E-state index in [-0.39, 0.29) is 11.3 Å². The van der Waals surface area contributed by atoms with Crippen LogP contribution < -0.4 is 11.1 Å². The van der Waals surface area contributed by atoms with E-state index in [1.165, 1.54) is 6.39 Å². The lowest BCUT2D eigenvalue weighted by Gasteiger charge is -2.39. The third-order valence-corrected chi connectivity index (χ3v) is 4.04. The van der Waals surface area contributed by atoms with Crippen molar-refractivity contribution < 1.29 is 9.21 Å². The molecule has 3 N–H and O–H groups in total. The molecule has 1 saturated carbocycles. The molecule has 3 rings (SSSR count). The van der Waals surface area contributed by atoms with Gasteiger partial charge in [-0.2, -0.15) is 0 Å². The second kappa shape index (κ2) is 5.09. The lowest BCUT2D eigenvalue weighted by atomic mass is 9.68. The van der Waals surface area contributed by atoms with Gasteiger partial charge in [0, 0.05) is 17.8 Å². The first-order valence-electron chi connectivity index (χ1n) is 6.74. The maximum Gasteiger partial charge on any atom is 0.231 e. The van der Waals surface area contributed by atoms with Crippen molar-refractivity contribution >= 4 is 11.6 Å². The van der Waals surface area contributed by atoms with E-state index in [1.54, 1.807) is 6.20 Å². The van der Waals surface area contributed by atoms with Crippen molar-refractivity contribution in [1.82, 2.24) is 4.98 Å². The quantitative estimate of drug-likeness (QED) is 0.894. The summed E-state index contributed by atoms with van der Waals surface area (Å²) < 4.78 is 5.22. The number of hydrogen-bond donors (Lipinski definition) is 2. The molecule has 0 spiro atoms. The van der Waals surface area contributed by atoms with Crippen LogP contribution >= 0.6 is 0 Å². The summed E-state index contributed by atoms with van der Waals surface area (Å²) in [5.74, 6) is 0.735. The summed E-state index contributed by atoms with van der Waals surface area (Å²) in [6.45, 7) is 0.412. The van der Waals surface area contributed by atoms with Gasteiger partial charge in [0.2, 0.25) is 5.91 Å². The predicted molar refractivity (Wildman–Crippen MR) is 75.9 cm³/mol. The molecule has 1 heterocycles. The number of nitrogens with one attached hydrogen (secondary N) is 1. The highest BCUT2D eigenvalue weighted by Crippen LogP contribution is 2.40. The largest absolute Gasteiger partial charge is 0.444 e. The van der Waals surface area contributed by atoms with Gasteiger partial charge in [-0.05, 0) is 37.1 Å². The van der Waals surface area contributed by atoms with Crippen LogP contribution in [0.2, 0.25) is 0 Å². The minimum absolute atomic E-state index is 0.0265. The van der Waals surface area contributed by atoms with Gasteiger partial charge >= 0.3 is 0 Å². The number of nitrogens with two attached hydrogens (primary N) is 1. The van der Waals surface area contributed by atoms with E-state index in [0.717, 1.165) is 30.5 Å². The minimum atomic E-state index is -0.358. The van der Waals surface area contributed by atoms with Gasteiger partial charge < -0.3 is 15.5 Å². The Bertz CT molecular complexity index is 581. The highest BCUT2D eigenvalue weighted by Gasteiger charge is 2.42. The molecule has 0 radical (unpaired) electrons. The summed E-state index contributed by atoms with van der Waals surface area (Å²) in [5.41, 5.74) is 7.08. The standard InChI is InChI=1S/C15H17N3O2/c16-9-15(6-1-7-15)14(19)18-12-4-2-11(3-5-12)13-8-17-10-20-13/h2-5,8,10H,1,6-7,9,16H2,(H,18,19). The van der Waals surface area contributed by atoms with Gasteiger partial charge in [-0.15, -0.1) is 0 Å². The highest BCUT2D eigenvalue weighted by molar-refractivity contribution is 5.96. The molecule has 1 amide bonds. The fraction of sp³-hybridized carbons (Fsp3) is 0.333. The summed E-state index contributed by atoms with van der Waals surface area (Å²) in [4.78, 5) is 16.1. The molecule has 1 aromatic heterocycles. The van der Waals surface area contributed by atoms with E-state index < -0.39 is 0 Å². The summed E-state index contributed by atoms with van der Waals surface area (Å²) in [6, 6.07) is 7.51. The summed E-state index contributed by atoms with van der Waals surface area (Å²) in [7, 11) is 0. The number of carbonyl (C=O) groups excluding carboxylic acids is 1. The number of amides is 1. The van der Waals surface area contributed by atoms with E-state index in [4.69, 9.17) is 10.2 Å². The third-order valence-electron chi connectivity index (χ3n) is 4.04. The first kappa shape index (κ1) is 12.9. The van der Waals surface area contributed by atoms with Crippen molar-refractivity contribution in [2.24, 2.45) is 11.1 Å². The molecule has 1 aromatic carbocycles. The highest BCUT2D eigenvalue weighted by atomic mass is 16.3. The van der Waals surface area contributed by atoms with Gasteiger partial charge in [0.25, 0.3) is 0 Å². The van der Waals surface area contributed by atoms with Crippen molar-refractivity contribution in [3.63, 3.8) is 0 Å². The topological polar surface area (TPSA) is 81.2 Å². The number of nitrogens with zero attached hydrogens (tertiary/aromatic N) is 1. The normalized spacial score (nSPS) is 16.4. The fourth-order valence-corrected chi connectivity index (χ4v) is 2.47. The van der Waals surface area contributed by atoms with Crippen molar-refractivity contribution in [1.29, 1.82) is 0 Å². The molecule has 0 atom stereocenters. The van der Waals surface area contributed by atoms with Gasteiger partial charge in [-0.25, -0.2) is 4.98 Å². The van der Waals surface area contributed by atoms with Crippen LogP contribution in [-0.4, -0.2) is 17.4 Å². The van der Waals surface area contributed by atoms with Crippen molar-refractivity contribution in [3.8, 4) is 11.3 Å². The van der Waals surface area contributed by atoms with E-state index in [0.29, 0.717) is 12.3 Å². The maximum atomic E-state index is 12.2. The zero-order valence-electron chi connectivity index (χ0n) is 11.1. The number of rotatable bonds is 4. The molecule has 104 valence electrons. The van der Waals surface area contributed by atoms with E-state index in [2.05, 4.69) is 10.3 Å². The Kier molecular flexibility index (Phi) is 3.28. The average molecular weight is 271 g/mol. The van der Waals surface area contributed by atoms with Gasteiger partial charge in [0.15, 0.2) is 12.2 Å². The number of anilines is 1. The van der Waals surface area contributed by atoms with Crippen molar-refractivity contribution in [2.75, 3.05) is 11.9 Å². The zero-order chi connectivity index (χ0) is 14.0. The molecular formula is C15H17N3O2.